The van der Waals surface area contributed by atoms with E-state index in [2.05, 4.69) is 42.9 Å². The average Bonchev–Trinajstić information content (AvgIpc) is 2.57. The van der Waals surface area contributed by atoms with Crippen molar-refractivity contribution in [2.45, 2.75) is 39.8 Å². The standard InChI is InChI=1S/C19H31N3O2/c1-18(2)14-22(19(18,3)4)17(20-5)21-11-12-24-13-15-9-7-8-10-16(15)23-6/h7-10H,11-14H2,1-6H3,(H,20,21). The smallest absolute Gasteiger partial charge is 0.194 e. The van der Waals surface area contributed by atoms with Gasteiger partial charge in [-0.2, -0.15) is 0 Å². The predicted octanol–water partition coefficient (Wildman–Crippen LogP) is 2.91. The lowest BCUT2D eigenvalue weighted by Gasteiger charge is -2.62. The Bertz CT molecular complexity index is 582. The summed E-state index contributed by atoms with van der Waals surface area (Å²) in [5, 5.41) is 3.40. The highest BCUT2D eigenvalue weighted by Crippen LogP contribution is 2.46. The fourth-order valence-corrected chi connectivity index (χ4v) is 2.93. The van der Waals surface area contributed by atoms with Gasteiger partial charge in [-0.05, 0) is 19.9 Å². The number of methoxy groups -OCH3 is 1. The van der Waals surface area contributed by atoms with Gasteiger partial charge in [-0.1, -0.05) is 32.0 Å². The molecule has 0 bridgehead atoms. The average molecular weight is 333 g/mol. The Labute approximate surface area is 146 Å². The van der Waals surface area contributed by atoms with Crippen molar-refractivity contribution in [3.63, 3.8) is 0 Å². The molecule has 1 aromatic carbocycles. The number of nitrogens with zero attached hydrogens (tertiary/aromatic N) is 2. The SMILES string of the molecule is CN=C(NCCOCc1ccccc1OC)N1CC(C)(C)C1(C)C. The minimum Gasteiger partial charge on any atom is -0.496 e. The number of para-hydroxylation sites is 1. The number of hydrogen-bond donors (Lipinski definition) is 1. The van der Waals surface area contributed by atoms with Gasteiger partial charge in [0.25, 0.3) is 0 Å². The second-order valence-electron chi connectivity index (χ2n) is 7.37. The van der Waals surface area contributed by atoms with E-state index >= 15 is 0 Å². The van der Waals surface area contributed by atoms with E-state index in [1.807, 2.05) is 31.3 Å². The molecule has 1 aliphatic rings. The molecule has 0 spiro atoms. The Morgan fingerprint density at radius 2 is 1.96 bits per heavy atom. The van der Waals surface area contributed by atoms with Gasteiger partial charge in [0.15, 0.2) is 5.96 Å². The second-order valence-corrected chi connectivity index (χ2v) is 7.37. The molecule has 0 saturated carbocycles. The van der Waals surface area contributed by atoms with Crippen molar-refractivity contribution in [2.24, 2.45) is 10.4 Å². The summed E-state index contributed by atoms with van der Waals surface area (Å²) in [5.41, 5.74) is 1.47. The monoisotopic (exact) mass is 333 g/mol. The van der Waals surface area contributed by atoms with Crippen LogP contribution >= 0.6 is 0 Å². The van der Waals surface area contributed by atoms with Gasteiger partial charge >= 0.3 is 0 Å². The molecule has 0 aromatic heterocycles. The van der Waals surface area contributed by atoms with Crippen LogP contribution in [0.1, 0.15) is 33.3 Å². The molecular weight excluding hydrogens is 302 g/mol. The van der Waals surface area contributed by atoms with Gasteiger partial charge in [-0.3, -0.25) is 4.99 Å². The second kappa shape index (κ2) is 7.43. The van der Waals surface area contributed by atoms with Crippen LogP contribution in [0.3, 0.4) is 0 Å². The van der Waals surface area contributed by atoms with Crippen LogP contribution in [0.4, 0.5) is 0 Å². The van der Waals surface area contributed by atoms with Gasteiger partial charge in [-0.25, -0.2) is 0 Å². The van der Waals surface area contributed by atoms with Crippen molar-refractivity contribution in [2.75, 3.05) is 33.9 Å². The lowest BCUT2D eigenvalue weighted by molar-refractivity contribution is -0.0669. The maximum Gasteiger partial charge on any atom is 0.194 e. The van der Waals surface area contributed by atoms with Crippen LogP contribution in [0, 0.1) is 5.41 Å². The van der Waals surface area contributed by atoms with Gasteiger partial charge in [0, 0.05) is 36.7 Å². The Morgan fingerprint density at radius 3 is 2.54 bits per heavy atom. The summed E-state index contributed by atoms with van der Waals surface area (Å²) in [7, 11) is 3.51. The zero-order valence-corrected chi connectivity index (χ0v) is 15.8. The molecule has 0 radical (unpaired) electrons. The molecule has 1 saturated heterocycles. The van der Waals surface area contributed by atoms with Crippen LogP contribution in [0.25, 0.3) is 0 Å². The van der Waals surface area contributed by atoms with Crippen molar-refractivity contribution in [1.82, 2.24) is 10.2 Å². The first-order chi connectivity index (χ1) is 11.3. The first-order valence-corrected chi connectivity index (χ1v) is 8.51. The van der Waals surface area contributed by atoms with E-state index in [-0.39, 0.29) is 5.54 Å². The summed E-state index contributed by atoms with van der Waals surface area (Å²) < 4.78 is 11.1. The summed E-state index contributed by atoms with van der Waals surface area (Å²) in [4.78, 5) is 6.74. The first-order valence-electron chi connectivity index (χ1n) is 8.51. The zero-order valence-electron chi connectivity index (χ0n) is 15.8. The number of nitrogens with one attached hydrogen (secondary N) is 1. The van der Waals surface area contributed by atoms with Crippen LogP contribution in [0.2, 0.25) is 0 Å². The van der Waals surface area contributed by atoms with Crippen molar-refractivity contribution >= 4 is 5.96 Å². The third kappa shape index (κ3) is 3.66. The van der Waals surface area contributed by atoms with Crippen LogP contribution in [-0.2, 0) is 11.3 Å². The predicted molar refractivity (Wildman–Crippen MR) is 98.6 cm³/mol. The summed E-state index contributed by atoms with van der Waals surface area (Å²) >= 11 is 0. The van der Waals surface area contributed by atoms with Gasteiger partial charge in [-0.15, -0.1) is 0 Å². The van der Waals surface area contributed by atoms with Crippen molar-refractivity contribution in [1.29, 1.82) is 0 Å². The van der Waals surface area contributed by atoms with E-state index < -0.39 is 0 Å². The lowest BCUT2D eigenvalue weighted by Crippen LogP contribution is -2.72. The topological polar surface area (TPSA) is 46.1 Å². The highest BCUT2D eigenvalue weighted by atomic mass is 16.5. The molecule has 2 rings (SSSR count). The van der Waals surface area contributed by atoms with E-state index in [9.17, 15) is 0 Å². The zero-order chi connectivity index (χ0) is 17.8. The fourth-order valence-electron chi connectivity index (χ4n) is 2.93. The summed E-state index contributed by atoms with van der Waals surface area (Å²) in [6.45, 7) is 12.0. The number of aliphatic imine (C=N–C) groups is 1. The molecule has 1 aromatic rings. The minimum absolute atomic E-state index is 0.104. The molecule has 5 nitrogen and oxygen atoms in total. The molecule has 1 heterocycles. The Hall–Kier alpha value is -1.75. The maximum atomic E-state index is 5.77. The van der Waals surface area contributed by atoms with Crippen LogP contribution < -0.4 is 10.1 Å². The molecule has 0 amide bonds. The molecule has 0 aliphatic carbocycles. The van der Waals surface area contributed by atoms with E-state index in [0.717, 1.165) is 30.4 Å². The molecule has 1 aliphatic heterocycles. The molecule has 5 heteroatoms. The number of benzene rings is 1. The molecule has 24 heavy (non-hydrogen) atoms. The molecule has 0 atom stereocenters. The first kappa shape index (κ1) is 18.6. The van der Waals surface area contributed by atoms with Crippen molar-refractivity contribution in [3.05, 3.63) is 29.8 Å². The Balaban J connectivity index is 1.76. The fraction of sp³-hybridized carbons (Fsp3) is 0.632. The van der Waals surface area contributed by atoms with Crippen LogP contribution in [0.5, 0.6) is 5.75 Å². The maximum absolute atomic E-state index is 5.77. The molecule has 134 valence electrons. The van der Waals surface area contributed by atoms with Crippen molar-refractivity contribution < 1.29 is 9.47 Å². The number of ether oxygens (including phenoxy) is 2. The van der Waals surface area contributed by atoms with E-state index in [1.165, 1.54) is 0 Å². The van der Waals surface area contributed by atoms with Gasteiger partial charge in [0.1, 0.15) is 5.75 Å². The number of likely N-dealkylation sites (tertiary alicyclic amines) is 1. The summed E-state index contributed by atoms with van der Waals surface area (Å²) in [6, 6.07) is 7.93. The number of guanidine groups is 1. The minimum atomic E-state index is 0.104. The van der Waals surface area contributed by atoms with E-state index in [1.54, 1.807) is 7.11 Å². The highest BCUT2D eigenvalue weighted by molar-refractivity contribution is 5.81. The lowest BCUT2D eigenvalue weighted by atomic mass is 9.65. The van der Waals surface area contributed by atoms with Gasteiger partial charge < -0.3 is 19.7 Å². The normalized spacial score (nSPS) is 18.9. The Kier molecular flexibility index (Phi) is 5.75. The summed E-state index contributed by atoms with van der Waals surface area (Å²) in [5.74, 6) is 1.81. The van der Waals surface area contributed by atoms with Gasteiger partial charge in [0.2, 0.25) is 0 Å². The molecule has 1 fully saturated rings. The van der Waals surface area contributed by atoms with E-state index in [0.29, 0.717) is 18.6 Å². The molecule has 0 unspecified atom stereocenters. The van der Waals surface area contributed by atoms with Crippen LogP contribution in [0.15, 0.2) is 29.3 Å². The molecular formula is C19H31N3O2. The number of hydrogen-bond acceptors (Lipinski definition) is 3. The number of rotatable bonds is 6. The summed E-state index contributed by atoms with van der Waals surface area (Å²) in [6.07, 6.45) is 0. The highest BCUT2D eigenvalue weighted by Gasteiger charge is 2.53. The quantitative estimate of drug-likeness (QED) is 0.494. The van der Waals surface area contributed by atoms with Crippen molar-refractivity contribution in [3.8, 4) is 5.75 Å². The van der Waals surface area contributed by atoms with E-state index in [4.69, 9.17) is 9.47 Å². The van der Waals surface area contributed by atoms with Gasteiger partial charge in [0.05, 0.1) is 20.3 Å². The largest absolute Gasteiger partial charge is 0.496 e. The molecule has 1 N–H and O–H groups in total. The Morgan fingerprint density at radius 1 is 1.25 bits per heavy atom. The van der Waals surface area contributed by atoms with Crippen LogP contribution in [-0.4, -0.2) is 50.3 Å². The third-order valence-electron chi connectivity index (χ3n) is 5.33. The third-order valence-corrected chi connectivity index (χ3v) is 5.33.